The topological polar surface area (TPSA) is 101 Å². The first-order chi connectivity index (χ1) is 7.99. The first-order valence-electron chi connectivity index (χ1n) is 4.87. The van der Waals surface area contributed by atoms with Crippen LogP contribution in [0.15, 0.2) is 35.5 Å². The molecule has 7 heteroatoms. The van der Waals surface area contributed by atoms with Crippen LogP contribution in [0.4, 0.5) is 11.6 Å². The van der Waals surface area contributed by atoms with Gasteiger partial charge in [0.05, 0.1) is 4.90 Å². The second kappa shape index (κ2) is 4.10. The highest BCUT2D eigenvalue weighted by atomic mass is 32.2. The number of imidazole rings is 1. The Labute approximate surface area is 98.9 Å². The van der Waals surface area contributed by atoms with Crippen LogP contribution < -0.4 is 10.5 Å². The van der Waals surface area contributed by atoms with E-state index in [9.17, 15) is 8.42 Å². The minimum Gasteiger partial charge on any atom is -0.398 e. The molecule has 0 aliphatic heterocycles. The van der Waals surface area contributed by atoms with Crippen LogP contribution in [0.5, 0.6) is 0 Å². The highest BCUT2D eigenvalue weighted by Crippen LogP contribution is 2.18. The third-order valence-electron chi connectivity index (χ3n) is 2.29. The summed E-state index contributed by atoms with van der Waals surface area (Å²) in [5.41, 5.74) is 6.95. The molecule has 0 atom stereocenters. The Morgan fingerprint density at radius 3 is 2.76 bits per heavy atom. The van der Waals surface area contributed by atoms with Crippen molar-refractivity contribution in [1.82, 2.24) is 9.97 Å². The number of rotatable bonds is 3. The van der Waals surface area contributed by atoms with E-state index in [4.69, 9.17) is 5.73 Å². The molecular formula is C10H12N4O2S. The summed E-state index contributed by atoms with van der Waals surface area (Å²) in [6.07, 6.45) is 2.99. The Morgan fingerprint density at radius 2 is 2.18 bits per heavy atom. The van der Waals surface area contributed by atoms with Gasteiger partial charge in [-0.25, -0.2) is 18.1 Å². The number of benzene rings is 1. The Balaban J connectivity index is 2.35. The predicted octanol–water partition coefficient (Wildman–Crippen LogP) is 1.10. The second-order valence-corrected chi connectivity index (χ2v) is 5.24. The molecule has 1 aromatic carbocycles. The van der Waals surface area contributed by atoms with Crippen LogP contribution >= 0.6 is 0 Å². The number of anilines is 2. The molecule has 0 aliphatic carbocycles. The zero-order chi connectivity index (χ0) is 12.5. The molecule has 0 aliphatic rings. The van der Waals surface area contributed by atoms with Crippen LogP contribution in [0.2, 0.25) is 0 Å². The van der Waals surface area contributed by atoms with Crippen LogP contribution in [0.25, 0.3) is 0 Å². The smallest absolute Gasteiger partial charge is 0.264 e. The molecule has 0 spiro atoms. The zero-order valence-electron chi connectivity index (χ0n) is 9.14. The summed E-state index contributed by atoms with van der Waals surface area (Å²) in [5, 5.41) is 0. The predicted molar refractivity (Wildman–Crippen MR) is 65.0 cm³/mol. The molecule has 2 aromatic rings. The van der Waals surface area contributed by atoms with Gasteiger partial charge in [0.25, 0.3) is 10.0 Å². The van der Waals surface area contributed by atoms with Crippen molar-refractivity contribution in [3.05, 3.63) is 36.2 Å². The monoisotopic (exact) mass is 252 g/mol. The van der Waals surface area contributed by atoms with Gasteiger partial charge in [0, 0.05) is 18.1 Å². The Bertz CT molecular complexity index is 620. The first kappa shape index (κ1) is 11.5. The molecule has 17 heavy (non-hydrogen) atoms. The molecule has 0 fully saturated rings. The summed E-state index contributed by atoms with van der Waals surface area (Å²) in [4.78, 5) is 6.55. The standard InChI is InChI=1S/C10H12N4O2S/c1-7-2-3-8(6-9(7)11)17(15,16)14-10-12-4-5-13-10/h2-6H,11H2,1H3,(H2,12,13,14). The minimum atomic E-state index is -3.65. The van der Waals surface area contributed by atoms with Gasteiger partial charge in [-0.05, 0) is 24.6 Å². The lowest BCUT2D eigenvalue weighted by atomic mass is 10.2. The summed E-state index contributed by atoms with van der Waals surface area (Å²) in [6, 6.07) is 4.57. The van der Waals surface area contributed by atoms with Crippen LogP contribution in [-0.2, 0) is 10.0 Å². The maximum absolute atomic E-state index is 11.9. The van der Waals surface area contributed by atoms with E-state index in [2.05, 4.69) is 14.7 Å². The fraction of sp³-hybridized carbons (Fsp3) is 0.100. The molecule has 2 rings (SSSR count). The second-order valence-electron chi connectivity index (χ2n) is 3.56. The number of nitrogens with zero attached hydrogens (tertiary/aromatic N) is 1. The average molecular weight is 252 g/mol. The van der Waals surface area contributed by atoms with E-state index in [1.165, 1.54) is 24.5 Å². The van der Waals surface area contributed by atoms with Gasteiger partial charge < -0.3 is 10.7 Å². The minimum absolute atomic E-state index is 0.108. The summed E-state index contributed by atoms with van der Waals surface area (Å²) in [7, 11) is -3.65. The fourth-order valence-electron chi connectivity index (χ4n) is 1.29. The molecule has 0 amide bonds. The summed E-state index contributed by atoms with van der Waals surface area (Å²) < 4.78 is 26.2. The van der Waals surface area contributed by atoms with Crippen LogP contribution in [0, 0.1) is 6.92 Å². The molecule has 6 nitrogen and oxygen atoms in total. The first-order valence-corrected chi connectivity index (χ1v) is 6.36. The highest BCUT2D eigenvalue weighted by Gasteiger charge is 2.15. The van der Waals surface area contributed by atoms with Gasteiger partial charge in [0.2, 0.25) is 5.95 Å². The molecule has 0 radical (unpaired) electrons. The third-order valence-corrected chi connectivity index (χ3v) is 3.63. The summed E-state index contributed by atoms with van der Waals surface area (Å²) in [6.45, 7) is 1.81. The lowest BCUT2D eigenvalue weighted by Crippen LogP contribution is -2.14. The number of nitrogen functional groups attached to an aromatic ring is 1. The van der Waals surface area contributed by atoms with Gasteiger partial charge in [0.15, 0.2) is 0 Å². The van der Waals surface area contributed by atoms with Crippen molar-refractivity contribution in [2.75, 3.05) is 10.5 Å². The maximum Gasteiger partial charge on any atom is 0.264 e. The number of nitrogens with two attached hydrogens (primary N) is 1. The molecule has 0 saturated heterocycles. The van der Waals surface area contributed by atoms with E-state index in [-0.39, 0.29) is 10.8 Å². The number of aryl methyl sites for hydroxylation is 1. The number of aromatic nitrogens is 2. The van der Waals surface area contributed by atoms with Crippen molar-refractivity contribution in [1.29, 1.82) is 0 Å². The molecule has 0 saturated carbocycles. The van der Waals surface area contributed by atoms with Crippen molar-refractivity contribution in [2.45, 2.75) is 11.8 Å². The van der Waals surface area contributed by atoms with Gasteiger partial charge in [0.1, 0.15) is 0 Å². The van der Waals surface area contributed by atoms with Gasteiger partial charge in [-0.2, -0.15) is 0 Å². The number of nitrogens with one attached hydrogen (secondary N) is 2. The summed E-state index contributed by atoms with van der Waals surface area (Å²) >= 11 is 0. The average Bonchev–Trinajstić information content (AvgIpc) is 2.73. The highest BCUT2D eigenvalue weighted by molar-refractivity contribution is 7.92. The van der Waals surface area contributed by atoms with Crippen LogP contribution in [-0.4, -0.2) is 18.4 Å². The van der Waals surface area contributed by atoms with Crippen molar-refractivity contribution in [2.24, 2.45) is 0 Å². The lowest BCUT2D eigenvalue weighted by molar-refractivity contribution is 0.601. The Kier molecular flexibility index (Phi) is 2.76. The van der Waals surface area contributed by atoms with Crippen molar-refractivity contribution in [3.8, 4) is 0 Å². The van der Waals surface area contributed by atoms with Gasteiger partial charge in [-0.3, -0.25) is 0 Å². The van der Waals surface area contributed by atoms with E-state index < -0.39 is 10.0 Å². The molecule has 90 valence electrons. The molecule has 1 aromatic heterocycles. The normalized spacial score (nSPS) is 11.4. The molecule has 1 heterocycles. The zero-order valence-corrected chi connectivity index (χ0v) is 9.95. The van der Waals surface area contributed by atoms with Gasteiger partial charge in [-0.15, -0.1) is 0 Å². The van der Waals surface area contributed by atoms with Crippen molar-refractivity contribution >= 4 is 21.7 Å². The number of aromatic amines is 1. The quantitative estimate of drug-likeness (QED) is 0.712. The van der Waals surface area contributed by atoms with E-state index in [1.807, 2.05) is 6.92 Å². The van der Waals surface area contributed by atoms with Crippen molar-refractivity contribution in [3.63, 3.8) is 0 Å². The van der Waals surface area contributed by atoms with E-state index in [0.29, 0.717) is 5.69 Å². The van der Waals surface area contributed by atoms with E-state index in [0.717, 1.165) is 5.56 Å². The summed E-state index contributed by atoms with van der Waals surface area (Å²) in [5.74, 6) is 0.171. The lowest BCUT2D eigenvalue weighted by Gasteiger charge is -2.07. The fourth-order valence-corrected chi connectivity index (χ4v) is 2.31. The van der Waals surface area contributed by atoms with Gasteiger partial charge >= 0.3 is 0 Å². The number of sulfonamides is 1. The molecule has 0 bridgehead atoms. The number of H-pyrrole nitrogens is 1. The SMILES string of the molecule is Cc1ccc(S(=O)(=O)Nc2ncc[nH]2)cc1N. The van der Waals surface area contributed by atoms with Crippen LogP contribution in [0.1, 0.15) is 5.56 Å². The third kappa shape index (κ3) is 2.39. The molecular weight excluding hydrogens is 240 g/mol. The largest absolute Gasteiger partial charge is 0.398 e. The van der Waals surface area contributed by atoms with Crippen molar-refractivity contribution < 1.29 is 8.42 Å². The Morgan fingerprint density at radius 1 is 1.41 bits per heavy atom. The molecule has 4 N–H and O–H groups in total. The molecule has 0 unspecified atom stereocenters. The Hall–Kier alpha value is -2.02. The van der Waals surface area contributed by atoms with E-state index in [1.54, 1.807) is 6.07 Å². The number of hydrogen-bond acceptors (Lipinski definition) is 4. The van der Waals surface area contributed by atoms with Crippen LogP contribution in [0.3, 0.4) is 0 Å². The maximum atomic E-state index is 11.9. The number of hydrogen-bond donors (Lipinski definition) is 3. The van der Waals surface area contributed by atoms with Gasteiger partial charge in [-0.1, -0.05) is 6.07 Å². The van der Waals surface area contributed by atoms with E-state index >= 15 is 0 Å².